The molecule has 2 aliphatic heterocycles. The third-order valence-corrected chi connectivity index (χ3v) is 16.3. The second-order valence-corrected chi connectivity index (χ2v) is 24.1. The molecule has 5 heterocycles. The second-order valence-electron chi connectivity index (χ2n) is 19.1. The summed E-state index contributed by atoms with van der Waals surface area (Å²) in [6, 6.07) is 69.4. The molecule has 3 aromatic heterocycles. The van der Waals surface area contributed by atoms with Crippen molar-refractivity contribution in [2.24, 2.45) is 0 Å². The zero-order valence-electron chi connectivity index (χ0n) is 37.2. The summed E-state index contributed by atoms with van der Waals surface area (Å²) in [6.07, 6.45) is 2.53. The standard InChI is InChI=1S/C60H47N3OSi/c1-38-27-29-40(30-28-38)43-31-32-46-47-33-34-50-56(58(47)64-54(46)36-43)59-62(57-44(41-17-8-6-9-18-41)22-16-23-45(57)42-19-10-7-11-20-42)51-25-14-15-26-52(51)63(59)60(50)49-24-13-12-21-48(49)53-35-39(2)55(37-61(53)60)65(3,4)5/h6-37H,1-5H3/q+2. The van der Waals surface area contributed by atoms with E-state index in [0.717, 1.165) is 77.9 Å². The van der Waals surface area contributed by atoms with Crippen LogP contribution >= 0.6 is 0 Å². The van der Waals surface area contributed by atoms with E-state index in [4.69, 9.17) is 4.42 Å². The molecule has 0 saturated carbocycles. The van der Waals surface area contributed by atoms with Crippen LogP contribution in [0.2, 0.25) is 19.6 Å². The maximum atomic E-state index is 7.40. The van der Waals surface area contributed by atoms with Gasteiger partial charge in [-0.25, -0.2) is 0 Å². The van der Waals surface area contributed by atoms with Gasteiger partial charge < -0.3 is 4.42 Å². The molecule has 1 atom stereocenters. The molecule has 0 N–H and O–H groups in total. The van der Waals surface area contributed by atoms with Crippen molar-refractivity contribution in [3.8, 4) is 61.7 Å². The first kappa shape index (κ1) is 37.9. The number of para-hydroxylation sites is 3. The van der Waals surface area contributed by atoms with E-state index >= 15 is 0 Å². The summed E-state index contributed by atoms with van der Waals surface area (Å²) in [6.45, 7) is 11.9. The van der Waals surface area contributed by atoms with Gasteiger partial charge in [-0.05, 0) is 90.2 Å². The molecule has 13 rings (SSSR count). The average Bonchev–Trinajstić information content (AvgIpc) is 4.04. The van der Waals surface area contributed by atoms with Gasteiger partial charge in [0.15, 0.2) is 22.8 Å². The number of fused-ring (bicyclic) bond motifs is 16. The Morgan fingerprint density at radius 3 is 1.89 bits per heavy atom. The highest BCUT2D eigenvalue weighted by Gasteiger charge is 2.67. The molecule has 2 aliphatic rings. The van der Waals surface area contributed by atoms with Crippen LogP contribution in [0.15, 0.2) is 199 Å². The average molecular weight is 854 g/mol. The Labute approximate surface area is 380 Å². The highest BCUT2D eigenvalue weighted by molar-refractivity contribution is 6.88. The van der Waals surface area contributed by atoms with Crippen LogP contribution in [-0.4, -0.2) is 12.6 Å². The van der Waals surface area contributed by atoms with Gasteiger partial charge in [0.1, 0.15) is 16.8 Å². The van der Waals surface area contributed by atoms with Crippen LogP contribution in [0.3, 0.4) is 0 Å². The van der Waals surface area contributed by atoms with Crippen LogP contribution in [0.5, 0.6) is 0 Å². The number of imidazole rings is 1. The summed E-state index contributed by atoms with van der Waals surface area (Å²) in [7, 11) is -1.82. The molecule has 4 nitrogen and oxygen atoms in total. The number of aromatic nitrogens is 3. The van der Waals surface area contributed by atoms with E-state index in [1.165, 1.54) is 44.3 Å². The predicted molar refractivity (Wildman–Crippen MR) is 269 cm³/mol. The normalized spacial score (nSPS) is 14.9. The summed E-state index contributed by atoms with van der Waals surface area (Å²) >= 11 is 0. The maximum Gasteiger partial charge on any atom is 0.364 e. The molecule has 0 amide bonds. The van der Waals surface area contributed by atoms with E-state index in [2.05, 4.69) is 241 Å². The molecular weight excluding hydrogens is 807 g/mol. The molecular formula is C60H47N3OSi+2. The van der Waals surface area contributed by atoms with Crippen molar-refractivity contribution < 1.29 is 13.6 Å². The van der Waals surface area contributed by atoms with Crippen LogP contribution in [-0.2, 0) is 5.66 Å². The van der Waals surface area contributed by atoms with Crippen LogP contribution in [0.25, 0.3) is 94.7 Å². The number of hydrogen-bond acceptors (Lipinski definition) is 1. The van der Waals surface area contributed by atoms with Crippen molar-refractivity contribution >= 4 is 46.2 Å². The number of rotatable bonds is 5. The van der Waals surface area contributed by atoms with E-state index in [-0.39, 0.29) is 0 Å². The van der Waals surface area contributed by atoms with Crippen molar-refractivity contribution in [2.75, 3.05) is 0 Å². The Morgan fingerprint density at radius 1 is 0.538 bits per heavy atom. The molecule has 65 heavy (non-hydrogen) atoms. The summed E-state index contributed by atoms with van der Waals surface area (Å²) in [5.74, 6) is 1.09. The lowest BCUT2D eigenvalue weighted by atomic mass is 9.88. The highest BCUT2D eigenvalue weighted by atomic mass is 28.3. The minimum absolute atomic E-state index is 0.779. The lowest BCUT2D eigenvalue weighted by molar-refractivity contribution is -0.944. The Hall–Kier alpha value is -7.60. The molecule has 8 aromatic carbocycles. The summed E-state index contributed by atoms with van der Waals surface area (Å²) < 4.78 is 15.3. The smallest absolute Gasteiger partial charge is 0.364 e. The highest BCUT2D eigenvalue weighted by Crippen LogP contribution is 2.53. The van der Waals surface area contributed by atoms with Gasteiger partial charge >= 0.3 is 11.5 Å². The number of furan rings is 1. The predicted octanol–water partition coefficient (Wildman–Crippen LogP) is 13.5. The molecule has 0 fully saturated rings. The molecule has 0 saturated heterocycles. The van der Waals surface area contributed by atoms with E-state index in [9.17, 15) is 0 Å². The quantitative estimate of drug-likeness (QED) is 0.125. The number of nitrogens with zero attached hydrogens (tertiary/aromatic N) is 3. The van der Waals surface area contributed by atoms with Crippen LogP contribution < -0.4 is 14.3 Å². The fourth-order valence-corrected chi connectivity index (χ4v) is 13.2. The minimum atomic E-state index is -1.82. The van der Waals surface area contributed by atoms with Gasteiger partial charge in [0.25, 0.3) is 0 Å². The second kappa shape index (κ2) is 13.7. The lowest BCUT2D eigenvalue weighted by Gasteiger charge is -2.23. The van der Waals surface area contributed by atoms with Crippen molar-refractivity contribution in [1.29, 1.82) is 0 Å². The number of hydrogen-bond donors (Lipinski definition) is 0. The van der Waals surface area contributed by atoms with Crippen molar-refractivity contribution in [2.45, 2.75) is 39.2 Å². The molecule has 0 bridgehead atoms. The van der Waals surface area contributed by atoms with E-state index in [0.29, 0.717) is 0 Å². The number of pyridine rings is 1. The van der Waals surface area contributed by atoms with Gasteiger partial charge in [0, 0.05) is 33.2 Å². The van der Waals surface area contributed by atoms with Gasteiger partial charge in [-0.15, -0.1) is 9.13 Å². The first-order chi connectivity index (χ1) is 31.7. The zero-order chi connectivity index (χ0) is 43.8. The Morgan fingerprint density at radius 2 is 1.17 bits per heavy atom. The zero-order valence-corrected chi connectivity index (χ0v) is 38.2. The Kier molecular flexibility index (Phi) is 7.99. The summed E-state index contributed by atoms with van der Waals surface area (Å²) in [5, 5.41) is 3.68. The number of aryl methyl sites for hydroxylation is 2. The fraction of sp³-hybridized carbons (Fsp3) is 0.100. The molecule has 11 aromatic rings. The van der Waals surface area contributed by atoms with Crippen molar-refractivity contribution in [1.82, 2.24) is 4.57 Å². The van der Waals surface area contributed by atoms with Gasteiger partial charge in [-0.1, -0.05) is 159 Å². The third kappa shape index (κ3) is 5.24. The largest absolute Gasteiger partial charge is 0.455 e. The van der Waals surface area contributed by atoms with Gasteiger partial charge in [0.2, 0.25) is 5.69 Å². The van der Waals surface area contributed by atoms with E-state index < -0.39 is 13.7 Å². The van der Waals surface area contributed by atoms with Crippen molar-refractivity contribution in [3.63, 3.8) is 0 Å². The fourth-order valence-electron chi connectivity index (χ4n) is 11.4. The van der Waals surface area contributed by atoms with E-state index in [1.54, 1.807) is 0 Å². The first-order valence-corrected chi connectivity index (χ1v) is 26.3. The van der Waals surface area contributed by atoms with Crippen LogP contribution in [0.1, 0.15) is 22.3 Å². The lowest BCUT2D eigenvalue weighted by Crippen LogP contribution is -2.72. The molecule has 0 radical (unpaired) electrons. The third-order valence-electron chi connectivity index (χ3n) is 14.2. The molecule has 1 unspecified atom stereocenters. The Bertz CT molecular complexity index is 3710. The first-order valence-electron chi connectivity index (χ1n) is 22.8. The van der Waals surface area contributed by atoms with Gasteiger partial charge in [-0.2, -0.15) is 4.57 Å². The molecule has 1 spiro atoms. The summed E-state index contributed by atoms with van der Waals surface area (Å²) in [5.41, 5.74) is 20.0. The van der Waals surface area contributed by atoms with Crippen LogP contribution in [0.4, 0.5) is 0 Å². The van der Waals surface area contributed by atoms with Gasteiger partial charge in [-0.3, -0.25) is 0 Å². The van der Waals surface area contributed by atoms with Crippen molar-refractivity contribution in [3.05, 3.63) is 217 Å². The Balaban J connectivity index is 1.24. The minimum Gasteiger partial charge on any atom is -0.455 e. The monoisotopic (exact) mass is 853 g/mol. The summed E-state index contributed by atoms with van der Waals surface area (Å²) in [4.78, 5) is 0. The van der Waals surface area contributed by atoms with Crippen LogP contribution in [0, 0.1) is 13.8 Å². The van der Waals surface area contributed by atoms with E-state index in [1.807, 2.05) is 0 Å². The topological polar surface area (TPSA) is 25.8 Å². The molecule has 5 heteroatoms. The number of benzene rings is 8. The molecule has 310 valence electrons. The SMILES string of the molecule is Cc1ccc(-c2ccc3c(c2)oc2c4c(ccc23)C2(c3ccccc3-c3cc(C)c([Si](C)(C)C)c[n+]32)[n+]2c-4n(-c3c(-c4ccccc4)cccc3-c3ccccc3)c3ccccc32)cc1. The van der Waals surface area contributed by atoms with Gasteiger partial charge in [0.05, 0.1) is 24.8 Å². The maximum absolute atomic E-state index is 7.40. The molecule has 0 aliphatic carbocycles.